The average Bonchev–Trinajstić information content (AvgIpc) is 3.74. The topological polar surface area (TPSA) is 463 Å². The maximum Gasteiger partial charge on any atom is 0.380 e. The van der Waals surface area contributed by atoms with Gasteiger partial charge < -0.3 is 64.0 Å². The van der Waals surface area contributed by atoms with Crippen LogP contribution in [0.5, 0.6) is 0 Å². The van der Waals surface area contributed by atoms with Gasteiger partial charge in [0.2, 0.25) is 0 Å². The molecule has 80 heavy (non-hydrogen) atoms. The van der Waals surface area contributed by atoms with Gasteiger partial charge in [0.1, 0.15) is 67.0 Å². The first kappa shape index (κ1) is 69.5. The highest BCUT2D eigenvalue weighted by atomic mass is 35.9. The molecule has 0 saturated carbocycles. The number of hydrogen-bond acceptors (Lipinski definition) is 24. The molecule has 6 rings (SSSR count). The van der Waals surface area contributed by atoms with Gasteiger partial charge in [-0.15, -0.1) is 0 Å². The number of carbonyl (C=O) groups is 2. The monoisotopic (exact) mass is 1240 g/mol. The van der Waals surface area contributed by atoms with E-state index < -0.39 is 163 Å². The molecular weight excluding hydrogens is 1180 g/mol. The van der Waals surface area contributed by atoms with Crippen molar-refractivity contribution in [2.45, 2.75) is 139 Å². The second kappa shape index (κ2) is 26.2. The number of rotatable bonds is 18. The van der Waals surface area contributed by atoms with Gasteiger partial charge in [0.05, 0.1) is 13.2 Å². The molecule has 0 bridgehead atoms. The summed E-state index contributed by atoms with van der Waals surface area (Å²) in [5.74, 6) is -10.9. The smallest absolute Gasteiger partial charge is 0.380 e. The zero-order valence-corrected chi connectivity index (χ0v) is 45.6. The molecular formula is C41H61Cl2F3N8O24P2. The number of aromatic amines is 3. The van der Waals surface area contributed by atoms with Crippen molar-refractivity contribution in [3.63, 3.8) is 0 Å². The molecule has 12 N–H and O–H groups in total. The SMILES string of the molecule is C.CCOC(=O)[C@H](C)NP(=O)(N[C@@H](C)C(=O)OCC)OC[C@@]1(F)O[C@@H](n2ccc(=O)[nH]c2=O)[C@](C)(O)[C@@H]1O.C[C@]1(O)[C@H](n2ccc(=O)[nH]c2=O)O[C@](F)(CO)[C@H]1O.C[C@]1(O)[C@H](n2ccc(=O)[nH]c2=O)O[C@](F)(COP(=O)(Cl)Cl)[C@H]1O. The van der Waals surface area contributed by atoms with E-state index in [1.54, 1.807) is 13.8 Å². The molecule has 3 aromatic heterocycles. The van der Waals surface area contributed by atoms with Crippen molar-refractivity contribution >= 4 is 48.2 Å². The van der Waals surface area contributed by atoms with Crippen molar-refractivity contribution in [2.75, 3.05) is 33.0 Å². The number of aromatic nitrogens is 6. The van der Waals surface area contributed by atoms with E-state index in [9.17, 15) is 86.9 Å². The molecule has 0 aliphatic carbocycles. The van der Waals surface area contributed by atoms with Crippen molar-refractivity contribution in [1.29, 1.82) is 0 Å². The molecule has 0 unspecified atom stereocenters. The third-order valence-corrected chi connectivity index (χ3v) is 14.7. The van der Waals surface area contributed by atoms with Gasteiger partial charge in [-0.1, -0.05) is 7.43 Å². The second-order valence-corrected chi connectivity index (χ2v) is 24.2. The third kappa shape index (κ3) is 15.7. The number of ether oxygens (including phenoxy) is 5. The van der Waals surface area contributed by atoms with Crippen LogP contribution in [0.1, 0.15) is 74.6 Å². The number of nitrogens with one attached hydrogen (secondary N) is 5. The zero-order valence-electron chi connectivity index (χ0n) is 42.3. The Balaban J connectivity index is 0.000000335. The fraction of sp³-hybridized carbons (Fsp3) is 0.659. The zero-order chi connectivity index (χ0) is 60.2. The molecule has 0 spiro atoms. The Labute approximate surface area is 457 Å². The van der Waals surface area contributed by atoms with E-state index in [0.717, 1.165) is 62.1 Å². The molecule has 3 aromatic rings. The first-order valence-electron chi connectivity index (χ1n) is 22.8. The predicted octanol–water partition coefficient (Wildman–Crippen LogP) is -2.03. The third-order valence-electron chi connectivity index (χ3n) is 11.7. The van der Waals surface area contributed by atoms with Crippen molar-refractivity contribution < 1.29 is 100 Å². The minimum absolute atomic E-state index is 0. The van der Waals surface area contributed by atoms with E-state index in [2.05, 4.69) is 14.7 Å². The number of hydrogen-bond donors (Lipinski definition) is 12. The number of carbonyl (C=O) groups excluding carboxylic acids is 2. The van der Waals surface area contributed by atoms with Crippen LogP contribution in [-0.2, 0) is 51.5 Å². The molecule has 32 nitrogen and oxygen atoms in total. The standard InChI is InChI=1S/C20H32FN4O11P.C10H12Cl2FN2O7P.C10H13FN2O6.CH4/c1-6-33-14(27)11(3)23-37(32,24-12(4)15(28)34-7-2)35-10-20(21)16(29)19(5,31)17(36-20)25-9-8-13(26)22-18(25)30;1-9(19)6(17)10(13,4-21-23(11,12)20)22-7(9)15-3-2-5(16)14-8(15)18;1-9(18)6(16)10(11,4-14)19-7(9)13-3-2-5(15)12-8(13)17;/h8-9,11-12,16-17,29,31H,6-7,10H2,1-5H3,(H,22,26,30)(H2,23,24,32);2-3,6-7,17,19H,4H2,1H3,(H,14,16,18);2-3,6-7,14,16,18H,4H2,1H3,(H,12,15,17);1H4/t11-,12-,16-,17+,19+,20+;2*6-,7+,9+,10+;/m000./s1. The molecule has 0 radical (unpaired) electrons. The fourth-order valence-corrected chi connectivity index (χ4v) is 10.1. The molecule has 3 saturated heterocycles. The van der Waals surface area contributed by atoms with E-state index in [0.29, 0.717) is 9.13 Å². The summed E-state index contributed by atoms with van der Waals surface area (Å²) in [4.78, 5) is 98.6. The highest BCUT2D eigenvalue weighted by Crippen LogP contribution is 2.59. The van der Waals surface area contributed by atoms with E-state index in [1.807, 2.05) is 15.0 Å². The highest BCUT2D eigenvalue weighted by Gasteiger charge is 2.66. The summed E-state index contributed by atoms with van der Waals surface area (Å²) < 4.78 is 105. The number of aliphatic hydroxyl groups excluding tert-OH is 4. The Hall–Kier alpha value is -4.75. The summed E-state index contributed by atoms with van der Waals surface area (Å²) in [5, 5.41) is 74.8. The predicted molar refractivity (Wildman–Crippen MR) is 267 cm³/mol. The lowest BCUT2D eigenvalue weighted by atomic mass is 9.95. The summed E-state index contributed by atoms with van der Waals surface area (Å²) in [7, 11) is -4.49. The quantitative estimate of drug-likeness (QED) is 0.0482. The number of halogens is 5. The van der Waals surface area contributed by atoms with Crippen LogP contribution in [-0.4, -0.2) is 174 Å². The molecule has 3 aliphatic rings. The number of alkyl halides is 3. The number of esters is 2. The van der Waals surface area contributed by atoms with Crippen molar-refractivity contribution in [3.8, 4) is 0 Å². The van der Waals surface area contributed by atoms with Crippen LogP contribution in [0.3, 0.4) is 0 Å². The van der Waals surface area contributed by atoms with Crippen LogP contribution in [0, 0.1) is 0 Å². The van der Waals surface area contributed by atoms with Crippen LogP contribution in [0.4, 0.5) is 13.2 Å². The summed E-state index contributed by atoms with van der Waals surface area (Å²) >= 11 is 10.3. The Kier molecular flexibility index (Phi) is 22.8. The van der Waals surface area contributed by atoms with E-state index >= 15 is 4.39 Å². The van der Waals surface area contributed by atoms with E-state index in [1.165, 1.54) is 13.8 Å². The van der Waals surface area contributed by atoms with Crippen molar-refractivity contribution in [3.05, 3.63) is 99.3 Å². The summed E-state index contributed by atoms with van der Waals surface area (Å²) in [5.41, 5.74) is -12.0. The molecule has 39 heteroatoms. The molecule has 3 fully saturated rings. The molecule has 3 aliphatic heterocycles. The van der Waals surface area contributed by atoms with Gasteiger partial charge in [-0.25, -0.2) is 37.7 Å². The number of H-pyrrole nitrogens is 3. The lowest BCUT2D eigenvalue weighted by molar-refractivity contribution is -0.207. The maximum atomic E-state index is 15.8. The average molecular weight is 1240 g/mol. The van der Waals surface area contributed by atoms with Gasteiger partial charge in [-0.05, 0) is 70.9 Å². The Morgan fingerprint density at radius 2 is 0.925 bits per heavy atom. The van der Waals surface area contributed by atoms with Gasteiger partial charge in [-0.3, -0.25) is 66.3 Å². The van der Waals surface area contributed by atoms with Crippen LogP contribution >= 0.6 is 36.2 Å². The molecule has 14 atom stereocenters. The molecule has 0 aromatic carbocycles. The number of aliphatic hydroxyl groups is 7. The molecule has 6 heterocycles. The first-order chi connectivity index (χ1) is 36.2. The highest BCUT2D eigenvalue weighted by molar-refractivity contribution is 8.05. The van der Waals surface area contributed by atoms with Crippen LogP contribution in [0.2, 0.25) is 0 Å². The van der Waals surface area contributed by atoms with E-state index in [-0.39, 0.29) is 20.6 Å². The minimum atomic E-state index is -4.49. The Morgan fingerprint density at radius 1 is 0.637 bits per heavy atom. The fourth-order valence-electron chi connectivity index (χ4n) is 7.63. The summed E-state index contributed by atoms with van der Waals surface area (Å²) in [6, 6.07) is 0.316. The van der Waals surface area contributed by atoms with Crippen LogP contribution in [0.15, 0.2) is 65.6 Å². The minimum Gasteiger partial charge on any atom is -0.465 e. The summed E-state index contributed by atoms with van der Waals surface area (Å²) in [6.45, 7) is 5.03. The second-order valence-electron chi connectivity index (χ2n) is 18.1. The van der Waals surface area contributed by atoms with Crippen LogP contribution in [0.25, 0.3) is 0 Å². The first-order valence-corrected chi connectivity index (χ1v) is 27.9. The van der Waals surface area contributed by atoms with Gasteiger partial charge in [0, 0.05) is 36.8 Å². The Bertz CT molecular complexity index is 3110. The lowest BCUT2D eigenvalue weighted by Crippen LogP contribution is -2.50. The Morgan fingerprint density at radius 3 is 1.19 bits per heavy atom. The lowest BCUT2D eigenvalue weighted by Gasteiger charge is -2.30. The largest absolute Gasteiger partial charge is 0.465 e. The number of nitrogens with zero attached hydrogens (tertiary/aromatic N) is 3. The van der Waals surface area contributed by atoms with Gasteiger partial charge >= 0.3 is 42.8 Å². The molecule has 0 amide bonds. The van der Waals surface area contributed by atoms with E-state index in [4.69, 9.17) is 55.8 Å². The van der Waals surface area contributed by atoms with Gasteiger partial charge in [0.25, 0.3) is 34.2 Å². The maximum absolute atomic E-state index is 15.8. The van der Waals surface area contributed by atoms with Gasteiger partial charge in [-0.2, -0.15) is 0 Å². The summed E-state index contributed by atoms with van der Waals surface area (Å²) in [6.07, 6.45) is -13.0. The van der Waals surface area contributed by atoms with Crippen molar-refractivity contribution in [1.82, 2.24) is 38.8 Å². The van der Waals surface area contributed by atoms with Crippen LogP contribution < -0.4 is 43.9 Å². The normalized spacial score (nSPS) is 31.8. The van der Waals surface area contributed by atoms with Gasteiger partial charge in [0.15, 0.2) is 18.7 Å². The van der Waals surface area contributed by atoms with Crippen molar-refractivity contribution in [2.24, 2.45) is 0 Å². The molecule has 454 valence electrons.